The number of nitrogens with zero attached hydrogens (tertiary/aromatic N) is 1. The molecule has 0 radical (unpaired) electrons. The van der Waals surface area contributed by atoms with E-state index in [1.165, 1.54) is 6.07 Å². The topological polar surface area (TPSA) is 46.3 Å². The van der Waals surface area contributed by atoms with Gasteiger partial charge in [-0.25, -0.2) is 0 Å². The number of nitrogens with two attached hydrogens (primary N) is 1. The van der Waals surface area contributed by atoms with Gasteiger partial charge in [0, 0.05) is 19.0 Å². The van der Waals surface area contributed by atoms with Crippen LogP contribution in [0.5, 0.6) is 0 Å². The molecule has 2 aromatic carbocycles. The van der Waals surface area contributed by atoms with E-state index in [2.05, 4.69) is 0 Å². The smallest absolute Gasteiger partial charge is 0.398 e. The standard InChI is InChI=1S/C25H30ClF3N2O/c1-3-16(2)31-15-20(14-24(31)32)18(10-8-17-9-11-23(30)22(26)12-17)13-19-6-4-5-7-21(19)25(27,28)29/h4-7,9,11-12,16,18,20H,3,8,10,13-15,30H2,1-2H3/t16?,18?,20-/m0/s1. The molecule has 3 rings (SSSR count). The zero-order chi connectivity index (χ0) is 23.5. The van der Waals surface area contributed by atoms with Crippen LogP contribution in [0.3, 0.4) is 0 Å². The van der Waals surface area contributed by atoms with Gasteiger partial charge in [-0.3, -0.25) is 4.79 Å². The van der Waals surface area contributed by atoms with Crippen molar-refractivity contribution in [2.75, 3.05) is 12.3 Å². The van der Waals surface area contributed by atoms with Crippen molar-refractivity contribution in [1.29, 1.82) is 0 Å². The average Bonchev–Trinajstić information content (AvgIpc) is 3.14. The third kappa shape index (κ3) is 5.77. The molecule has 1 fully saturated rings. The zero-order valence-corrected chi connectivity index (χ0v) is 19.2. The predicted octanol–water partition coefficient (Wildman–Crippen LogP) is 6.38. The summed E-state index contributed by atoms with van der Waals surface area (Å²) in [4.78, 5) is 14.5. The summed E-state index contributed by atoms with van der Waals surface area (Å²) in [6, 6.07) is 11.3. The minimum atomic E-state index is -4.40. The van der Waals surface area contributed by atoms with E-state index in [0.717, 1.165) is 18.1 Å². The van der Waals surface area contributed by atoms with Crippen molar-refractivity contribution < 1.29 is 18.0 Å². The Labute approximate surface area is 192 Å². The van der Waals surface area contributed by atoms with Crippen LogP contribution < -0.4 is 5.73 Å². The third-order valence-corrected chi connectivity index (χ3v) is 6.98. The Kier molecular flexibility index (Phi) is 7.75. The van der Waals surface area contributed by atoms with Crippen LogP contribution in [0.1, 0.15) is 49.8 Å². The zero-order valence-electron chi connectivity index (χ0n) is 18.5. The fraction of sp³-hybridized carbons (Fsp3) is 0.480. The summed E-state index contributed by atoms with van der Waals surface area (Å²) in [5.74, 6) is 0.0452. The molecule has 1 heterocycles. The first-order valence-electron chi connectivity index (χ1n) is 11.1. The van der Waals surface area contributed by atoms with Gasteiger partial charge in [-0.1, -0.05) is 42.8 Å². The second kappa shape index (κ2) is 10.2. The molecule has 7 heteroatoms. The van der Waals surface area contributed by atoms with Crippen LogP contribution in [0.2, 0.25) is 5.02 Å². The van der Waals surface area contributed by atoms with E-state index in [1.54, 1.807) is 18.2 Å². The Morgan fingerprint density at radius 1 is 1.22 bits per heavy atom. The maximum atomic E-state index is 13.6. The molecule has 0 saturated carbocycles. The van der Waals surface area contributed by atoms with Crippen LogP contribution in [0.25, 0.3) is 0 Å². The summed E-state index contributed by atoms with van der Waals surface area (Å²) in [5, 5.41) is 0.473. The van der Waals surface area contributed by atoms with Crippen molar-refractivity contribution >= 4 is 23.2 Å². The van der Waals surface area contributed by atoms with E-state index in [9.17, 15) is 18.0 Å². The van der Waals surface area contributed by atoms with Crippen molar-refractivity contribution in [3.05, 3.63) is 64.2 Å². The fourth-order valence-corrected chi connectivity index (χ4v) is 4.77. The second-order valence-electron chi connectivity index (χ2n) is 8.78. The van der Waals surface area contributed by atoms with E-state index in [0.29, 0.717) is 36.5 Å². The fourth-order valence-electron chi connectivity index (χ4n) is 4.56. The number of nitrogen functional groups attached to an aromatic ring is 1. The Morgan fingerprint density at radius 2 is 1.94 bits per heavy atom. The predicted molar refractivity (Wildman–Crippen MR) is 122 cm³/mol. The van der Waals surface area contributed by atoms with Crippen LogP contribution in [0, 0.1) is 11.8 Å². The number of hydrogen-bond donors (Lipinski definition) is 1. The summed E-state index contributed by atoms with van der Waals surface area (Å²) >= 11 is 6.14. The number of alkyl halides is 3. The number of benzene rings is 2. The first-order valence-corrected chi connectivity index (χ1v) is 11.5. The first kappa shape index (κ1) is 24.4. The molecular formula is C25H30ClF3N2O. The number of carbonyl (C=O) groups is 1. The summed E-state index contributed by atoms with van der Waals surface area (Å²) in [6.45, 7) is 4.65. The number of anilines is 1. The molecule has 1 aliphatic rings. The van der Waals surface area contributed by atoms with Gasteiger partial charge in [0.15, 0.2) is 0 Å². The summed E-state index contributed by atoms with van der Waals surface area (Å²) in [6.07, 6.45) is -1.56. The Balaban J connectivity index is 1.85. The minimum absolute atomic E-state index is 0.0158. The van der Waals surface area contributed by atoms with Gasteiger partial charge < -0.3 is 10.6 Å². The van der Waals surface area contributed by atoms with Gasteiger partial charge in [0.1, 0.15) is 0 Å². The van der Waals surface area contributed by atoms with E-state index in [-0.39, 0.29) is 35.8 Å². The van der Waals surface area contributed by atoms with Gasteiger partial charge in [0.25, 0.3) is 0 Å². The van der Waals surface area contributed by atoms with Crippen molar-refractivity contribution in [3.8, 4) is 0 Å². The monoisotopic (exact) mass is 466 g/mol. The van der Waals surface area contributed by atoms with Gasteiger partial charge in [0.2, 0.25) is 5.91 Å². The molecule has 32 heavy (non-hydrogen) atoms. The molecule has 2 aromatic rings. The lowest BCUT2D eigenvalue weighted by molar-refractivity contribution is -0.138. The largest absolute Gasteiger partial charge is 0.416 e. The first-order chi connectivity index (χ1) is 15.1. The molecule has 3 atom stereocenters. The maximum absolute atomic E-state index is 13.6. The second-order valence-corrected chi connectivity index (χ2v) is 9.19. The molecule has 1 saturated heterocycles. The lowest BCUT2D eigenvalue weighted by Gasteiger charge is -2.27. The van der Waals surface area contributed by atoms with Crippen LogP contribution in [-0.4, -0.2) is 23.4 Å². The van der Waals surface area contributed by atoms with E-state index in [4.69, 9.17) is 17.3 Å². The molecule has 1 aliphatic heterocycles. The highest BCUT2D eigenvalue weighted by Gasteiger charge is 2.38. The number of carbonyl (C=O) groups excluding carboxylic acids is 1. The number of rotatable bonds is 8. The van der Waals surface area contributed by atoms with Crippen molar-refractivity contribution in [2.24, 2.45) is 11.8 Å². The molecule has 174 valence electrons. The van der Waals surface area contributed by atoms with Gasteiger partial charge in [-0.15, -0.1) is 0 Å². The quantitative estimate of drug-likeness (QED) is 0.459. The van der Waals surface area contributed by atoms with Crippen molar-refractivity contribution in [3.63, 3.8) is 0 Å². The lowest BCUT2D eigenvalue weighted by Crippen LogP contribution is -2.34. The minimum Gasteiger partial charge on any atom is -0.398 e. The molecule has 3 nitrogen and oxygen atoms in total. The molecule has 0 aromatic heterocycles. The number of aryl methyl sites for hydroxylation is 1. The van der Waals surface area contributed by atoms with Gasteiger partial charge >= 0.3 is 6.18 Å². The molecule has 0 aliphatic carbocycles. The molecular weight excluding hydrogens is 437 g/mol. The number of amides is 1. The molecule has 0 bridgehead atoms. The number of hydrogen-bond acceptors (Lipinski definition) is 2. The van der Waals surface area contributed by atoms with Crippen molar-refractivity contribution in [2.45, 2.75) is 58.2 Å². The Bertz CT molecular complexity index is 947. The maximum Gasteiger partial charge on any atom is 0.416 e. The van der Waals surface area contributed by atoms with Crippen LogP contribution in [-0.2, 0) is 23.8 Å². The van der Waals surface area contributed by atoms with Crippen molar-refractivity contribution in [1.82, 2.24) is 4.90 Å². The highest BCUT2D eigenvalue weighted by molar-refractivity contribution is 6.33. The highest BCUT2D eigenvalue weighted by atomic mass is 35.5. The normalized spacial score (nSPS) is 18.8. The van der Waals surface area contributed by atoms with Gasteiger partial charge in [-0.2, -0.15) is 13.2 Å². The average molecular weight is 467 g/mol. The summed E-state index contributed by atoms with van der Waals surface area (Å²) in [7, 11) is 0. The SMILES string of the molecule is CCC(C)N1C[C@@H](C(CCc2ccc(N)c(Cl)c2)Cc2ccccc2C(F)(F)F)CC1=O. The van der Waals surface area contributed by atoms with Crippen LogP contribution in [0.4, 0.5) is 18.9 Å². The number of likely N-dealkylation sites (tertiary alicyclic amines) is 1. The Morgan fingerprint density at radius 3 is 2.59 bits per heavy atom. The van der Waals surface area contributed by atoms with E-state index >= 15 is 0 Å². The third-order valence-electron chi connectivity index (χ3n) is 6.65. The van der Waals surface area contributed by atoms with E-state index < -0.39 is 11.7 Å². The molecule has 2 N–H and O–H groups in total. The summed E-state index contributed by atoms with van der Waals surface area (Å²) in [5.41, 5.74) is 6.97. The highest BCUT2D eigenvalue weighted by Crippen LogP contribution is 2.37. The van der Waals surface area contributed by atoms with Gasteiger partial charge in [0.05, 0.1) is 16.3 Å². The number of halogens is 4. The van der Waals surface area contributed by atoms with Crippen LogP contribution >= 0.6 is 11.6 Å². The van der Waals surface area contributed by atoms with E-state index in [1.807, 2.05) is 30.9 Å². The van der Waals surface area contributed by atoms with Crippen LogP contribution in [0.15, 0.2) is 42.5 Å². The van der Waals surface area contributed by atoms with Gasteiger partial charge in [-0.05, 0) is 73.8 Å². The Hall–Kier alpha value is -2.21. The molecule has 1 amide bonds. The summed E-state index contributed by atoms with van der Waals surface area (Å²) < 4.78 is 40.8. The lowest BCUT2D eigenvalue weighted by atomic mass is 9.81. The molecule has 2 unspecified atom stereocenters. The molecule has 0 spiro atoms.